The zero-order valence-electron chi connectivity index (χ0n) is 5.43. The van der Waals surface area contributed by atoms with E-state index >= 15 is 0 Å². The number of hydrogen-bond donors (Lipinski definition) is 0. The van der Waals surface area contributed by atoms with Gasteiger partial charge < -0.3 is 9.47 Å². The summed E-state index contributed by atoms with van der Waals surface area (Å²) in [6, 6.07) is 0. The van der Waals surface area contributed by atoms with Gasteiger partial charge in [0, 0.05) is 0 Å². The van der Waals surface area contributed by atoms with Crippen LogP contribution in [-0.4, -0.2) is 19.9 Å². The fraction of sp³-hybridized carbons (Fsp3) is 0.750. The molecule has 0 aliphatic heterocycles. The number of hydrogen-bond acceptors (Lipinski definition) is 3. The lowest BCUT2D eigenvalue weighted by Gasteiger charge is -1.94. The molecule has 0 atom stereocenters. The largest absolute Gasteiger partial charge is 1.00 e. The van der Waals surface area contributed by atoms with Crippen LogP contribution in [0.4, 0.5) is 4.79 Å². The molecule has 0 unspecified atom stereocenters. The molecular weight excluding hydrogens is 96.0 g/mol. The molecule has 0 bridgehead atoms. The van der Waals surface area contributed by atoms with E-state index in [0.717, 1.165) is 0 Å². The standard InChI is InChI=1S/C4H8O3/c1-3-7-4(5)6-2/h3H2,1-2H3/p+1. The van der Waals surface area contributed by atoms with Crippen molar-refractivity contribution < 1.29 is 15.7 Å². The molecule has 0 aromatic rings. The molecule has 0 amide bonds. The summed E-state index contributed by atoms with van der Waals surface area (Å²) < 4.78 is 8.46. The number of carbonyl (C=O) groups excluding carboxylic acids is 1. The molecule has 0 N–H and O–H groups in total. The first-order valence-corrected chi connectivity index (χ1v) is 2.02. The minimum Gasteiger partial charge on any atom is -0.438 e. The molecule has 0 aromatic carbocycles. The summed E-state index contributed by atoms with van der Waals surface area (Å²) >= 11 is 0. The number of ether oxygens (including phenoxy) is 2. The molecule has 7 heavy (non-hydrogen) atoms. The van der Waals surface area contributed by atoms with E-state index in [1.807, 2.05) is 0 Å². The van der Waals surface area contributed by atoms with Crippen molar-refractivity contribution in [2.75, 3.05) is 13.7 Å². The Morgan fingerprint density at radius 3 is 2.57 bits per heavy atom. The van der Waals surface area contributed by atoms with Crippen LogP contribution in [-0.2, 0) is 9.47 Å². The van der Waals surface area contributed by atoms with Gasteiger partial charge in [-0.1, -0.05) is 0 Å². The summed E-state index contributed by atoms with van der Waals surface area (Å²) in [6.45, 7) is 2.09. The topological polar surface area (TPSA) is 35.5 Å². The second-order valence-electron chi connectivity index (χ2n) is 0.887. The summed E-state index contributed by atoms with van der Waals surface area (Å²) in [6.07, 6.45) is -0.623. The van der Waals surface area contributed by atoms with Crippen molar-refractivity contribution in [3.8, 4) is 0 Å². The molecule has 0 rings (SSSR count). The molecule has 0 fully saturated rings. The molecule has 3 nitrogen and oxygen atoms in total. The highest BCUT2D eigenvalue weighted by Gasteiger charge is 1.92. The summed E-state index contributed by atoms with van der Waals surface area (Å²) in [4.78, 5) is 9.97. The van der Waals surface area contributed by atoms with Gasteiger partial charge in [-0.15, -0.1) is 0 Å². The summed E-state index contributed by atoms with van der Waals surface area (Å²) in [5.74, 6) is 0. The van der Waals surface area contributed by atoms with E-state index in [9.17, 15) is 4.79 Å². The van der Waals surface area contributed by atoms with E-state index in [2.05, 4.69) is 9.47 Å². The van der Waals surface area contributed by atoms with Gasteiger partial charge in [-0.05, 0) is 6.92 Å². The fourth-order valence-electron chi connectivity index (χ4n) is 0.177. The van der Waals surface area contributed by atoms with Crippen LogP contribution in [0.1, 0.15) is 8.35 Å². The van der Waals surface area contributed by atoms with E-state index < -0.39 is 6.16 Å². The van der Waals surface area contributed by atoms with Gasteiger partial charge in [-0.3, -0.25) is 0 Å². The molecule has 0 heterocycles. The average Bonchev–Trinajstić information content (AvgIpc) is 1.68. The van der Waals surface area contributed by atoms with Gasteiger partial charge in [0.1, 0.15) is 0 Å². The van der Waals surface area contributed by atoms with E-state index in [-0.39, 0.29) is 1.43 Å². The first kappa shape index (κ1) is 6.27. The summed E-state index contributed by atoms with van der Waals surface area (Å²) in [5, 5.41) is 0. The third-order valence-corrected chi connectivity index (χ3v) is 0.429. The Kier molecular flexibility index (Phi) is 3.10. The van der Waals surface area contributed by atoms with Crippen molar-refractivity contribution in [2.45, 2.75) is 6.92 Å². The monoisotopic (exact) mass is 105 g/mol. The third kappa shape index (κ3) is 3.09. The van der Waals surface area contributed by atoms with Crippen LogP contribution in [0.15, 0.2) is 0 Å². The lowest BCUT2D eigenvalue weighted by Crippen LogP contribution is -2.02. The van der Waals surface area contributed by atoms with Gasteiger partial charge in [0.05, 0.1) is 13.7 Å². The van der Waals surface area contributed by atoms with E-state index in [1.54, 1.807) is 6.92 Å². The van der Waals surface area contributed by atoms with Crippen molar-refractivity contribution >= 4 is 6.16 Å². The maximum absolute atomic E-state index is 9.97. The van der Waals surface area contributed by atoms with Crippen LogP contribution in [0, 0.1) is 0 Å². The van der Waals surface area contributed by atoms with Crippen molar-refractivity contribution in [2.24, 2.45) is 0 Å². The Balaban J connectivity index is 0. The molecule has 0 radical (unpaired) electrons. The van der Waals surface area contributed by atoms with Crippen LogP contribution in [0.3, 0.4) is 0 Å². The Hall–Kier alpha value is -0.730. The van der Waals surface area contributed by atoms with Gasteiger partial charge in [-0.2, -0.15) is 0 Å². The third-order valence-electron chi connectivity index (χ3n) is 0.429. The van der Waals surface area contributed by atoms with Crippen LogP contribution in [0.5, 0.6) is 0 Å². The lowest BCUT2D eigenvalue weighted by atomic mass is 10.9. The Labute approximate surface area is 43.7 Å². The van der Waals surface area contributed by atoms with Crippen molar-refractivity contribution in [3.63, 3.8) is 0 Å². The molecule has 0 saturated heterocycles. The second kappa shape index (κ2) is 3.46. The average molecular weight is 105 g/mol. The van der Waals surface area contributed by atoms with Gasteiger partial charge in [0.2, 0.25) is 0 Å². The lowest BCUT2D eigenvalue weighted by molar-refractivity contribution is 0.0771. The second-order valence-corrected chi connectivity index (χ2v) is 0.887. The molecule has 3 heteroatoms. The highest BCUT2D eigenvalue weighted by molar-refractivity contribution is 5.59. The van der Waals surface area contributed by atoms with Gasteiger partial charge in [-0.25, -0.2) is 4.79 Å². The molecule has 0 spiro atoms. The predicted molar refractivity (Wildman–Crippen MR) is 25.1 cm³/mol. The van der Waals surface area contributed by atoms with Gasteiger partial charge in [0.15, 0.2) is 0 Å². The van der Waals surface area contributed by atoms with E-state index in [0.29, 0.717) is 6.61 Å². The van der Waals surface area contributed by atoms with Crippen LogP contribution in [0.2, 0.25) is 0 Å². The quantitative estimate of drug-likeness (QED) is 0.465. The van der Waals surface area contributed by atoms with Crippen LogP contribution in [0.25, 0.3) is 0 Å². The highest BCUT2D eigenvalue weighted by Crippen LogP contribution is 1.77. The maximum atomic E-state index is 9.97. The minimum absolute atomic E-state index is 0. The maximum Gasteiger partial charge on any atom is 1.00 e. The Morgan fingerprint density at radius 2 is 2.43 bits per heavy atom. The molecular formula is C4H9O3+. The van der Waals surface area contributed by atoms with Crippen LogP contribution >= 0.6 is 0 Å². The highest BCUT2D eigenvalue weighted by atomic mass is 16.7. The summed E-state index contributed by atoms with van der Waals surface area (Å²) in [5.41, 5.74) is 0. The van der Waals surface area contributed by atoms with Crippen molar-refractivity contribution in [1.29, 1.82) is 0 Å². The number of methoxy groups -OCH3 is 1. The summed E-state index contributed by atoms with van der Waals surface area (Å²) in [7, 11) is 1.28. The number of carbonyl (C=O) groups is 1. The smallest absolute Gasteiger partial charge is 0.438 e. The zero-order valence-corrected chi connectivity index (χ0v) is 4.43. The Bertz CT molecular complexity index is 64.3. The number of rotatable bonds is 1. The van der Waals surface area contributed by atoms with Crippen molar-refractivity contribution in [3.05, 3.63) is 0 Å². The minimum atomic E-state index is -0.623. The molecule has 0 aliphatic carbocycles. The molecule has 0 aliphatic rings. The molecule has 0 saturated carbocycles. The predicted octanol–water partition coefficient (Wildman–Crippen LogP) is 0.902. The zero-order chi connectivity index (χ0) is 5.70. The van der Waals surface area contributed by atoms with Gasteiger partial charge >= 0.3 is 7.58 Å². The first-order valence-electron chi connectivity index (χ1n) is 2.02. The Morgan fingerprint density at radius 1 is 1.86 bits per heavy atom. The van der Waals surface area contributed by atoms with E-state index in [4.69, 9.17) is 0 Å². The molecule has 0 aromatic heterocycles. The molecule has 42 valence electrons. The van der Waals surface area contributed by atoms with Crippen molar-refractivity contribution in [1.82, 2.24) is 0 Å². The SMILES string of the molecule is CCOC(=O)OC.[H+]. The first-order chi connectivity index (χ1) is 3.31. The fourth-order valence-corrected chi connectivity index (χ4v) is 0.177. The van der Waals surface area contributed by atoms with Gasteiger partial charge in [0.25, 0.3) is 0 Å². The normalized spacial score (nSPS) is 7.71. The van der Waals surface area contributed by atoms with Crippen LogP contribution < -0.4 is 0 Å². The van der Waals surface area contributed by atoms with E-state index in [1.165, 1.54) is 7.11 Å².